The lowest BCUT2D eigenvalue weighted by molar-refractivity contribution is -0.132. The van der Waals surface area contributed by atoms with Gasteiger partial charge in [-0.1, -0.05) is 20.8 Å². The zero-order valence-corrected chi connectivity index (χ0v) is 19.8. The fraction of sp³-hybridized carbons (Fsp3) is 0.750. The SMILES string of the molecule is CC1(C)CC2CC(C)(CN2C(=O)CCN(CCN2CCOCC2)C(=O)c2cnccn2)C1. The maximum Gasteiger partial charge on any atom is 0.274 e. The monoisotopic (exact) mass is 443 g/mol. The number of hydrogen-bond donors (Lipinski definition) is 0. The molecule has 2 bridgehead atoms. The first-order valence-corrected chi connectivity index (χ1v) is 11.9. The third-order valence-corrected chi connectivity index (χ3v) is 7.19. The summed E-state index contributed by atoms with van der Waals surface area (Å²) in [6.45, 7) is 12.7. The minimum absolute atomic E-state index is 0.160. The van der Waals surface area contributed by atoms with Crippen LogP contribution in [0.4, 0.5) is 0 Å². The smallest absolute Gasteiger partial charge is 0.274 e. The molecule has 32 heavy (non-hydrogen) atoms. The molecular formula is C24H37N5O3. The van der Waals surface area contributed by atoms with Crippen LogP contribution < -0.4 is 0 Å². The first-order valence-electron chi connectivity index (χ1n) is 11.9. The van der Waals surface area contributed by atoms with E-state index in [-0.39, 0.29) is 22.6 Å². The molecule has 8 nitrogen and oxygen atoms in total. The van der Waals surface area contributed by atoms with Gasteiger partial charge in [-0.15, -0.1) is 0 Å². The Morgan fingerprint density at radius 1 is 1.16 bits per heavy atom. The van der Waals surface area contributed by atoms with E-state index >= 15 is 0 Å². The molecule has 8 heteroatoms. The summed E-state index contributed by atoms with van der Waals surface area (Å²) in [5, 5.41) is 0. The Morgan fingerprint density at radius 3 is 2.66 bits per heavy atom. The molecule has 2 aliphatic heterocycles. The molecule has 0 N–H and O–H groups in total. The average molecular weight is 444 g/mol. The van der Waals surface area contributed by atoms with Crippen LogP contribution in [0.2, 0.25) is 0 Å². The number of fused-ring (bicyclic) bond motifs is 2. The van der Waals surface area contributed by atoms with Crippen molar-refractivity contribution in [3.05, 3.63) is 24.3 Å². The van der Waals surface area contributed by atoms with Crippen molar-refractivity contribution in [2.75, 3.05) is 52.5 Å². The van der Waals surface area contributed by atoms with Crippen molar-refractivity contribution in [1.29, 1.82) is 0 Å². The first kappa shape index (κ1) is 23.1. The number of hydrogen-bond acceptors (Lipinski definition) is 6. The van der Waals surface area contributed by atoms with Gasteiger partial charge in [-0.2, -0.15) is 0 Å². The van der Waals surface area contributed by atoms with Crippen LogP contribution in [0.15, 0.2) is 18.6 Å². The van der Waals surface area contributed by atoms with E-state index in [4.69, 9.17) is 4.74 Å². The standard InChI is InChI=1S/C24H37N5O3/c1-23(2)14-19-15-24(3,17-23)18-29(19)21(30)4-7-28(9-8-27-10-12-32-13-11-27)22(31)20-16-25-5-6-26-20/h5-6,16,19H,4,7-15,17-18H2,1-3H3. The third kappa shape index (κ3) is 5.46. The minimum atomic E-state index is -0.160. The highest BCUT2D eigenvalue weighted by molar-refractivity contribution is 5.92. The van der Waals surface area contributed by atoms with Gasteiger partial charge in [0.1, 0.15) is 5.69 Å². The van der Waals surface area contributed by atoms with Gasteiger partial charge in [0.2, 0.25) is 5.91 Å². The molecule has 0 radical (unpaired) electrons. The molecule has 1 aromatic rings. The Balaban J connectivity index is 1.39. The predicted octanol–water partition coefficient (Wildman–Crippen LogP) is 2.07. The fourth-order valence-corrected chi connectivity index (χ4v) is 6.10. The predicted molar refractivity (Wildman–Crippen MR) is 121 cm³/mol. The summed E-state index contributed by atoms with van der Waals surface area (Å²) in [6.07, 6.45) is 8.27. The molecule has 2 amide bonds. The van der Waals surface area contributed by atoms with Crippen LogP contribution >= 0.6 is 0 Å². The summed E-state index contributed by atoms with van der Waals surface area (Å²) in [5.41, 5.74) is 0.819. The van der Waals surface area contributed by atoms with Gasteiger partial charge >= 0.3 is 0 Å². The lowest BCUT2D eigenvalue weighted by Gasteiger charge is -2.39. The largest absolute Gasteiger partial charge is 0.379 e. The highest BCUT2D eigenvalue weighted by Crippen LogP contribution is 2.52. The van der Waals surface area contributed by atoms with Gasteiger partial charge in [0.15, 0.2) is 0 Å². The second-order valence-electron chi connectivity index (χ2n) is 10.8. The summed E-state index contributed by atoms with van der Waals surface area (Å²) in [6, 6.07) is 0.328. The van der Waals surface area contributed by atoms with Crippen LogP contribution in [0.3, 0.4) is 0 Å². The van der Waals surface area contributed by atoms with E-state index in [1.807, 2.05) is 0 Å². The number of ether oxygens (including phenoxy) is 1. The fourth-order valence-electron chi connectivity index (χ4n) is 6.10. The molecule has 1 aromatic heterocycles. The Labute approximate surface area is 191 Å². The Kier molecular flexibility index (Phi) is 6.81. The quantitative estimate of drug-likeness (QED) is 0.642. The number of carbonyl (C=O) groups is 2. The number of carbonyl (C=O) groups excluding carboxylic acids is 2. The summed E-state index contributed by atoms with van der Waals surface area (Å²) < 4.78 is 5.43. The highest BCUT2D eigenvalue weighted by Gasteiger charge is 2.50. The van der Waals surface area contributed by atoms with Crippen LogP contribution in [0.1, 0.15) is 56.9 Å². The zero-order valence-electron chi connectivity index (χ0n) is 19.8. The van der Waals surface area contributed by atoms with Crippen molar-refractivity contribution in [3.8, 4) is 0 Å². The third-order valence-electron chi connectivity index (χ3n) is 7.19. The van der Waals surface area contributed by atoms with Gasteiger partial charge < -0.3 is 14.5 Å². The molecular weight excluding hydrogens is 406 g/mol. The molecule has 3 fully saturated rings. The molecule has 2 unspecified atom stereocenters. The van der Waals surface area contributed by atoms with E-state index in [2.05, 4.69) is 40.5 Å². The van der Waals surface area contributed by atoms with Crippen LogP contribution in [-0.4, -0.2) is 95.0 Å². The van der Waals surface area contributed by atoms with E-state index in [1.54, 1.807) is 11.1 Å². The van der Waals surface area contributed by atoms with Crippen LogP contribution in [-0.2, 0) is 9.53 Å². The number of morpholine rings is 1. The Hall–Kier alpha value is -2.06. The molecule has 1 aliphatic carbocycles. The summed E-state index contributed by atoms with van der Waals surface area (Å²) in [5.74, 6) is 0.00663. The van der Waals surface area contributed by atoms with Crippen molar-refractivity contribution >= 4 is 11.8 Å². The molecule has 0 spiro atoms. The van der Waals surface area contributed by atoms with Gasteiger partial charge in [0.25, 0.3) is 5.91 Å². The van der Waals surface area contributed by atoms with Gasteiger partial charge in [-0.3, -0.25) is 19.5 Å². The van der Waals surface area contributed by atoms with Gasteiger partial charge in [-0.25, -0.2) is 4.98 Å². The molecule has 2 saturated heterocycles. The van der Waals surface area contributed by atoms with Gasteiger partial charge in [-0.05, 0) is 30.1 Å². The first-order chi connectivity index (χ1) is 15.2. The van der Waals surface area contributed by atoms with Crippen molar-refractivity contribution in [1.82, 2.24) is 24.7 Å². The second kappa shape index (κ2) is 9.43. The van der Waals surface area contributed by atoms with Crippen LogP contribution in [0.25, 0.3) is 0 Å². The molecule has 1 saturated carbocycles. The van der Waals surface area contributed by atoms with Crippen molar-refractivity contribution < 1.29 is 14.3 Å². The molecule has 0 aromatic carbocycles. The van der Waals surface area contributed by atoms with E-state index in [1.165, 1.54) is 12.4 Å². The Morgan fingerprint density at radius 2 is 1.94 bits per heavy atom. The number of amides is 2. The molecule has 3 heterocycles. The summed E-state index contributed by atoms with van der Waals surface area (Å²) >= 11 is 0. The van der Waals surface area contributed by atoms with Crippen LogP contribution in [0.5, 0.6) is 0 Å². The maximum atomic E-state index is 13.2. The van der Waals surface area contributed by atoms with E-state index in [9.17, 15) is 9.59 Å². The van der Waals surface area contributed by atoms with Crippen molar-refractivity contribution in [2.24, 2.45) is 10.8 Å². The van der Waals surface area contributed by atoms with E-state index in [0.29, 0.717) is 31.2 Å². The summed E-state index contributed by atoms with van der Waals surface area (Å²) in [4.78, 5) is 40.8. The van der Waals surface area contributed by atoms with Crippen LogP contribution in [0, 0.1) is 10.8 Å². The van der Waals surface area contributed by atoms with E-state index in [0.717, 1.165) is 58.7 Å². The number of nitrogens with zero attached hydrogens (tertiary/aromatic N) is 5. The lowest BCUT2D eigenvalue weighted by Crippen LogP contribution is -2.45. The molecule has 4 rings (SSSR count). The number of aromatic nitrogens is 2. The Bertz CT molecular complexity index is 811. The topological polar surface area (TPSA) is 78.9 Å². The average Bonchev–Trinajstić information content (AvgIpc) is 3.03. The minimum Gasteiger partial charge on any atom is -0.379 e. The number of likely N-dealkylation sites (tertiary alicyclic amines) is 1. The lowest BCUT2D eigenvalue weighted by atomic mass is 9.65. The van der Waals surface area contributed by atoms with Gasteiger partial charge in [0, 0.05) is 64.1 Å². The second-order valence-corrected chi connectivity index (χ2v) is 10.8. The summed E-state index contributed by atoms with van der Waals surface area (Å²) in [7, 11) is 0. The molecule has 2 atom stereocenters. The highest BCUT2D eigenvalue weighted by atomic mass is 16.5. The van der Waals surface area contributed by atoms with E-state index < -0.39 is 0 Å². The van der Waals surface area contributed by atoms with Crippen molar-refractivity contribution in [3.63, 3.8) is 0 Å². The van der Waals surface area contributed by atoms with Crippen molar-refractivity contribution in [2.45, 2.75) is 52.5 Å². The molecule has 3 aliphatic rings. The molecule has 176 valence electrons. The normalized spacial score (nSPS) is 27.3. The maximum absolute atomic E-state index is 13.2. The number of rotatable bonds is 7. The zero-order chi connectivity index (χ0) is 22.8. The van der Waals surface area contributed by atoms with Gasteiger partial charge in [0.05, 0.1) is 19.4 Å².